The van der Waals surface area contributed by atoms with E-state index < -0.39 is 5.91 Å². The average molecular weight is 623 g/mol. The molecule has 18 heteroatoms. The highest BCUT2D eigenvalue weighted by atomic mass is 32.1. The maximum absolute atomic E-state index is 10.2. The third kappa shape index (κ3) is 76.6. The largest absolute Gasteiger partial charge is 0.388 e. The number of aromatic nitrogens is 5. The summed E-state index contributed by atoms with van der Waals surface area (Å²) in [6.45, 7) is 11.1. The summed E-state index contributed by atoms with van der Waals surface area (Å²) in [5.74, 6) is 0.00000000000000111. The van der Waals surface area contributed by atoms with E-state index in [1.165, 1.54) is 52.5 Å². The summed E-state index contributed by atoms with van der Waals surface area (Å²) in [6, 6.07) is 2.44. The number of H-pyrrole nitrogens is 2. The van der Waals surface area contributed by atoms with Crippen molar-refractivity contribution in [1.29, 1.82) is 0 Å². The number of amides is 4. The molecule has 0 atom stereocenters. The summed E-state index contributed by atoms with van der Waals surface area (Å²) >= 11 is 4.59. The number of nitrogens with zero attached hydrogens (tertiary/aromatic N) is 3. The van der Waals surface area contributed by atoms with E-state index in [4.69, 9.17) is 5.21 Å². The lowest BCUT2D eigenvalue weighted by atomic mass is 10.5. The van der Waals surface area contributed by atoms with Gasteiger partial charge in [0.15, 0.2) is 0 Å². The topological polar surface area (TPSA) is 251 Å². The predicted molar refractivity (Wildman–Crippen MR) is 163 cm³/mol. The number of methoxy groups -OCH3 is 1. The van der Waals surface area contributed by atoms with Crippen LogP contribution in [0, 0.1) is 13.8 Å². The van der Waals surface area contributed by atoms with Crippen molar-refractivity contribution in [3.05, 3.63) is 30.1 Å². The van der Waals surface area contributed by atoms with Crippen molar-refractivity contribution in [2.75, 3.05) is 28.4 Å². The SMILES string of the molecule is CC(=O)NC1CC1.CC(=O)NO.CC(N)=O.CNC(C)=S.COC.CONC(C)=O.Cc1ccn[nH]1.Cc1ncn[nH]1. The van der Waals surface area contributed by atoms with Crippen LogP contribution in [0.3, 0.4) is 0 Å². The summed E-state index contributed by atoms with van der Waals surface area (Å²) in [5, 5.41) is 25.8. The van der Waals surface area contributed by atoms with E-state index in [0.717, 1.165) is 16.5 Å². The van der Waals surface area contributed by atoms with Crippen LogP contribution in [-0.4, -0.2) is 93.6 Å². The van der Waals surface area contributed by atoms with E-state index in [-0.39, 0.29) is 17.7 Å². The van der Waals surface area contributed by atoms with E-state index in [2.05, 4.69) is 69.0 Å². The molecule has 1 fully saturated rings. The van der Waals surface area contributed by atoms with Gasteiger partial charge in [-0.2, -0.15) is 10.2 Å². The number of rotatable bonds is 2. The standard InChI is InChI=1S/C5H9NO.C4H6N2.C3H5N3.C3H7NO2.C3H7NS.C2H5NO2.C2H5NO.C2H6O/c1-4(7)6-5-2-3-5;1-4-2-3-5-6-4;1-3-4-2-5-6-3;1-3(5)4-6-2;1-3(5)4-2;1-2(4)3-5;1-2(3)4;1-3-2/h5H,2-3H2,1H3,(H,6,7);2-3H,1H3,(H,5,6);2H,1H3,(H,4,5,6);1-2H3,(H,4,5);1-2H3,(H,4,5);5H,1H3,(H,3,4);1H3,(H2,3,4);1-2H3. The fourth-order valence-electron chi connectivity index (χ4n) is 1.25. The van der Waals surface area contributed by atoms with E-state index >= 15 is 0 Å². The normalized spacial score (nSPS) is 9.43. The van der Waals surface area contributed by atoms with Crippen LogP contribution in [0.2, 0.25) is 0 Å². The Morgan fingerprint density at radius 2 is 1.43 bits per heavy atom. The van der Waals surface area contributed by atoms with Crippen LogP contribution >= 0.6 is 12.2 Å². The van der Waals surface area contributed by atoms with Crippen molar-refractivity contribution in [1.82, 2.24) is 47.0 Å². The van der Waals surface area contributed by atoms with E-state index in [9.17, 15) is 19.2 Å². The summed E-state index contributed by atoms with van der Waals surface area (Å²) in [7, 11) is 6.45. The number of aromatic amines is 2. The zero-order valence-electron chi connectivity index (χ0n) is 26.4. The second-order valence-corrected chi connectivity index (χ2v) is 8.25. The Morgan fingerprint density at radius 3 is 1.50 bits per heavy atom. The highest BCUT2D eigenvalue weighted by Crippen LogP contribution is 2.17. The van der Waals surface area contributed by atoms with Gasteiger partial charge in [-0.05, 0) is 39.7 Å². The number of thiocarbonyl (C=S) groups is 1. The Labute approximate surface area is 253 Å². The van der Waals surface area contributed by atoms with Gasteiger partial charge >= 0.3 is 0 Å². The van der Waals surface area contributed by atoms with Gasteiger partial charge in [0.05, 0.1) is 12.1 Å². The number of ether oxygens (including phenoxy) is 1. The lowest BCUT2D eigenvalue weighted by molar-refractivity contribution is -0.129. The number of nitrogens with one attached hydrogen (secondary N) is 6. The van der Waals surface area contributed by atoms with E-state index in [1.54, 1.807) is 27.3 Å². The first kappa shape index (κ1) is 47.8. The Kier molecular flexibility index (Phi) is 42.1. The number of hydrogen-bond acceptors (Lipinski definition) is 11. The van der Waals surface area contributed by atoms with Crippen LogP contribution in [0.25, 0.3) is 0 Å². The van der Waals surface area contributed by atoms with Gasteiger partial charge in [0.25, 0.3) is 0 Å². The maximum atomic E-state index is 10.2. The summed E-state index contributed by atoms with van der Waals surface area (Å²) in [4.78, 5) is 47.5. The summed E-state index contributed by atoms with van der Waals surface area (Å²) in [5.41, 5.74) is 9.04. The van der Waals surface area contributed by atoms with E-state index in [1.807, 2.05) is 33.9 Å². The van der Waals surface area contributed by atoms with Crippen molar-refractivity contribution < 1.29 is 34.0 Å². The second-order valence-electron chi connectivity index (χ2n) is 7.64. The maximum Gasteiger partial charge on any atom is 0.240 e. The monoisotopic (exact) mass is 622 g/mol. The number of aryl methyl sites for hydroxylation is 2. The Bertz CT molecular complexity index is 845. The van der Waals surface area contributed by atoms with Crippen LogP contribution in [0.1, 0.15) is 59.0 Å². The molecule has 17 nitrogen and oxygen atoms in total. The first-order valence-electron chi connectivity index (χ1n) is 12.1. The highest BCUT2D eigenvalue weighted by molar-refractivity contribution is 7.80. The number of primary amides is 1. The third-order valence-corrected chi connectivity index (χ3v) is 3.12. The number of hydroxylamine groups is 2. The molecule has 0 bridgehead atoms. The minimum atomic E-state index is -0.440. The molecule has 0 aromatic carbocycles. The number of hydrogen-bond donors (Lipinski definition) is 8. The van der Waals surface area contributed by atoms with E-state index in [0.29, 0.717) is 6.04 Å². The van der Waals surface area contributed by atoms with Crippen molar-refractivity contribution in [2.24, 2.45) is 5.73 Å². The van der Waals surface area contributed by atoms with Gasteiger partial charge in [0.2, 0.25) is 23.6 Å². The van der Waals surface area contributed by atoms with Gasteiger partial charge in [0.1, 0.15) is 12.2 Å². The molecule has 4 amide bonds. The van der Waals surface area contributed by atoms with Gasteiger partial charge in [-0.1, -0.05) is 12.2 Å². The molecule has 1 aliphatic rings. The molecule has 244 valence electrons. The molecule has 2 aromatic heterocycles. The number of nitrogens with two attached hydrogens (primary N) is 1. The zero-order valence-corrected chi connectivity index (χ0v) is 27.3. The molecule has 42 heavy (non-hydrogen) atoms. The Hall–Kier alpha value is -4.00. The van der Waals surface area contributed by atoms with Gasteiger partial charge in [-0.25, -0.2) is 15.9 Å². The Balaban J connectivity index is -0.000000126. The zero-order chi connectivity index (χ0) is 33.9. The molecule has 0 aliphatic heterocycles. The first-order chi connectivity index (χ1) is 19.5. The molecule has 1 saturated carbocycles. The molecule has 9 N–H and O–H groups in total. The smallest absolute Gasteiger partial charge is 0.240 e. The molecular formula is C24H50N10O7S. The van der Waals surface area contributed by atoms with Crippen LogP contribution in [-0.2, 0) is 28.8 Å². The quantitative estimate of drug-likeness (QED) is 0.130. The molecular weight excluding hydrogens is 572 g/mol. The number of carbonyl (C=O) groups excluding carboxylic acids is 4. The van der Waals surface area contributed by atoms with Crippen LogP contribution in [0.15, 0.2) is 18.6 Å². The van der Waals surface area contributed by atoms with Crippen molar-refractivity contribution >= 4 is 40.8 Å². The summed E-state index contributed by atoms with van der Waals surface area (Å²) in [6.07, 6.45) is 5.57. The third-order valence-electron chi connectivity index (χ3n) is 2.92. The van der Waals surface area contributed by atoms with Crippen LogP contribution in [0.5, 0.6) is 0 Å². The van der Waals surface area contributed by atoms with Crippen molar-refractivity contribution in [3.63, 3.8) is 0 Å². The van der Waals surface area contributed by atoms with Crippen LogP contribution in [0.4, 0.5) is 0 Å². The molecule has 0 unspecified atom stereocenters. The molecule has 3 rings (SSSR count). The lowest BCUT2D eigenvalue weighted by Gasteiger charge is -1.91. The lowest BCUT2D eigenvalue weighted by Crippen LogP contribution is -2.21. The van der Waals surface area contributed by atoms with Gasteiger partial charge in [-0.15, -0.1) is 0 Å². The highest BCUT2D eigenvalue weighted by Gasteiger charge is 2.21. The molecule has 0 saturated heterocycles. The summed E-state index contributed by atoms with van der Waals surface area (Å²) < 4.78 is 4.25. The Morgan fingerprint density at radius 1 is 0.976 bits per heavy atom. The predicted octanol–water partition coefficient (Wildman–Crippen LogP) is 0.619. The van der Waals surface area contributed by atoms with Crippen molar-refractivity contribution in [3.8, 4) is 0 Å². The molecule has 0 spiro atoms. The number of carbonyl (C=O) groups is 4. The fraction of sp³-hybridized carbons (Fsp3) is 0.583. The van der Waals surface area contributed by atoms with Gasteiger partial charge < -0.3 is 21.1 Å². The average Bonchev–Trinajstić information content (AvgIpc) is 3.31. The van der Waals surface area contributed by atoms with Crippen LogP contribution < -0.4 is 27.3 Å². The van der Waals surface area contributed by atoms with Gasteiger partial charge in [0, 0.05) is 66.9 Å². The molecule has 1 aliphatic carbocycles. The van der Waals surface area contributed by atoms with Crippen molar-refractivity contribution in [2.45, 2.75) is 67.3 Å². The van der Waals surface area contributed by atoms with Gasteiger partial charge in [-0.3, -0.25) is 39.4 Å². The molecule has 2 aromatic rings. The fourth-order valence-corrected chi connectivity index (χ4v) is 1.25. The molecule has 0 radical (unpaired) electrons. The minimum Gasteiger partial charge on any atom is -0.388 e. The second kappa shape index (κ2) is 37.0. The molecule has 2 heterocycles. The minimum absolute atomic E-state index is 0.0995. The first-order valence-corrected chi connectivity index (χ1v) is 12.5.